The van der Waals surface area contributed by atoms with E-state index in [-0.39, 0.29) is 0 Å². The van der Waals surface area contributed by atoms with Crippen molar-refractivity contribution in [2.75, 3.05) is 12.4 Å². The lowest BCUT2D eigenvalue weighted by Gasteiger charge is -2.01. The van der Waals surface area contributed by atoms with Gasteiger partial charge in [0.05, 0.1) is 0 Å². The smallest absolute Gasteiger partial charge is 0.296 e. The average Bonchev–Trinajstić information content (AvgIpc) is 2.76. The van der Waals surface area contributed by atoms with Gasteiger partial charge in [-0.05, 0) is 29.0 Å². The molecule has 1 heterocycles. The number of hydrogen-bond donors (Lipinski definition) is 1. The summed E-state index contributed by atoms with van der Waals surface area (Å²) in [5.74, 6) is 0. The monoisotopic (exact) mass is 255 g/mol. The van der Waals surface area contributed by atoms with E-state index in [1.165, 1.54) is 11.3 Å². The molecule has 4 nitrogen and oxygen atoms in total. The Hall–Kier alpha value is -1.33. The van der Waals surface area contributed by atoms with Crippen LogP contribution in [-0.4, -0.2) is 17.2 Å². The number of aromatic nitrogens is 2. The van der Waals surface area contributed by atoms with Gasteiger partial charge in [-0.25, -0.2) is 0 Å². The average molecular weight is 256 g/mol. The van der Waals surface area contributed by atoms with Crippen LogP contribution < -0.4 is 10.1 Å². The third-order valence-corrected chi connectivity index (χ3v) is 3.00. The van der Waals surface area contributed by atoms with E-state index in [0.717, 1.165) is 15.7 Å². The first-order chi connectivity index (χ1) is 7.78. The number of benzene rings is 1. The molecular formula is C10H10ClN3OS. The van der Waals surface area contributed by atoms with Crippen molar-refractivity contribution in [3.63, 3.8) is 0 Å². The minimum atomic E-state index is 0.468. The molecule has 0 aliphatic heterocycles. The van der Waals surface area contributed by atoms with Gasteiger partial charge in [-0.15, -0.1) is 5.10 Å². The molecule has 2 aromatic rings. The van der Waals surface area contributed by atoms with Crippen molar-refractivity contribution in [3.05, 3.63) is 34.9 Å². The molecule has 0 saturated heterocycles. The standard InChI is InChI=1S/C10H10ClN3OS/c1-12-9-13-14-10(16-9)15-6-7-2-4-8(11)5-3-7/h2-5H,6H2,1H3,(H,12,13). The van der Waals surface area contributed by atoms with Crippen molar-refractivity contribution in [1.29, 1.82) is 0 Å². The zero-order valence-corrected chi connectivity index (χ0v) is 10.2. The molecule has 2 rings (SSSR count). The van der Waals surface area contributed by atoms with Crippen LogP contribution in [0.4, 0.5) is 5.13 Å². The molecule has 0 unspecified atom stereocenters. The number of anilines is 1. The second-order valence-corrected chi connectivity index (χ2v) is 4.41. The van der Waals surface area contributed by atoms with Crippen LogP contribution in [0.3, 0.4) is 0 Å². The van der Waals surface area contributed by atoms with Gasteiger partial charge in [0.25, 0.3) is 5.19 Å². The Morgan fingerprint density at radius 2 is 2.06 bits per heavy atom. The molecule has 84 valence electrons. The van der Waals surface area contributed by atoms with Gasteiger partial charge in [0.1, 0.15) is 6.61 Å². The van der Waals surface area contributed by atoms with Crippen LogP contribution in [0.1, 0.15) is 5.56 Å². The number of ether oxygens (including phenoxy) is 1. The Bertz CT molecular complexity index is 457. The van der Waals surface area contributed by atoms with Gasteiger partial charge < -0.3 is 10.1 Å². The van der Waals surface area contributed by atoms with E-state index in [1.807, 2.05) is 24.3 Å². The Morgan fingerprint density at radius 1 is 1.31 bits per heavy atom. The van der Waals surface area contributed by atoms with Crippen molar-refractivity contribution in [3.8, 4) is 5.19 Å². The molecular weight excluding hydrogens is 246 g/mol. The molecule has 0 aliphatic rings. The van der Waals surface area contributed by atoms with E-state index in [9.17, 15) is 0 Å². The van der Waals surface area contributed by atoms with Crippen LogP contribution in [0.5, 0.6) is 5.19 Å². The summed E-state index contributed by atoms with van der Waals surface area (Å²) in [6.45, 7) is 0.468. The SMILES string of the molecule is CNc1nnc(OCc2ccc(Cl)cc2)s1. The number of nitrogens with zero attached hydrogens (tertiary/aromatic N) is 2. The largest absolute Gasteiger partial charge is 0.464 e. The van der Waals surface area contributed by atoms with Crippen LogP contribution in [-0.2, 0) is 6.61 Å². The molecule has 0 radical (unpaired) electrons. The fourth-order valence-corrected chi connectivity index (χ4v) is 1.77. The van der Waals surface area contributed by atoms with Crippen molar-refractivity contribution < 1.29 is 4.74 Å². The molecule has 1 aromatic carbocycles. The van der Waals surface area contributed by atoms with E-state index >= 15 is 0 Å². The van der Waals surface area contributed by atoms with Crippen molar-refractivity contribution >= 4 is 28.1 Å². The van der Waals surface area contributed by atoms with Crippen molar-refractivity contribution in [2.45, 2.75) is 6.61 Å². The number of rotatable bonds is 4. The normalized spacial score (nSPS) is 10.1. The summed E-state index contributed by atoms with van der Waals surface area (Å²) in [6.07, 6.45) is 0. The Kier molecular flexibility index (Phi) is 3.58. The summed E-state index contributed by atoms with van der Waals surface area (Å²) >= 11 is 7.16. The maximum absolute atomic E-state index is 5.78. The molecule has 1 aromatic heterocycles. The highest BCUT2D eigenvalue weighted by atomic mass is 35.5. The van der Waals surface area contributed by atoms with Gasteiger partial charge in [-0.1, -0.05) is 28.8 Å². The van der Waals surface area contributed by atoms with Gasteiger partial charge >= 0.3 is 0 Å². The Morgan fingerprint density at radius 3 is 2.69 bits per heavy atom. The minimum absolute atomic E-state index is 0.468. The zero-order valence-electron chi connectivity index (χ0n) is 8.61. The lowest BCUT2D eigenvalue weighted by atomic mass is 10.2. The van der Waals surface area contributed by atoms with Crippen LogP contribution in [0.15, 0.2) is 24.3 Å². The highest BCUT2D eigenvalue weighted by Gasteiger charge is 2.03. The zero-order chi connectivity index (χ0) is 11.4. The first-order valence-electron chi connectivity index (χ1n) is 4.66. The Labute approximate surface area is 102 Å². The third-order valence-electron chi connectivity index (χ3n) is 1.90. The topological polar surface area (TPSA) is 47.0 Å². The predicted octanol–water partition coefficient (Wildman–Crippen LogP) is 2.81. The fourth-order valence-electron chi connectivity index (χ4n) is 1.09. The summed E-state index contributed by atoms with van der Waals surface area (Å²) < 4.78 is 5.48. The molecule has 0 amide bonds. The van der Waals surface area contributed by atoms with E-state index in [2.05, 4.69) is 15.5 Å². The van der Waals surface area contributed by atoms with Crippen molar-refractivity contribution in [1.82, 2.24) is 10.2 Å². The van der Waals surface area contributed by atoms with Crippen LogP contribution in [0.2, 0.25) is 5.02 Å². The quantitative estimate of drug-likeness (QED) is 0.913. The predicted molar refractivity (Wildman–Crippen MR) is 65.2 cm³/mol. The summed E-state index contributed by atoms with van der Waals surface area (Å²) in [4.78, 5) is 0. The van der Waals surface area contributed by atoms with E-state index in [4.69, 9.17) is 16.3 Å². The summed E-state index contributed by atoms with van der Waals surface area (Å²) in [5, 5.41) is 12.7. The van der Waals surface area contributed by atoms with E-state index in [1.54, 1.807) is 7.05 Å². The second kappa shape index (κ2) is 5.14. The van der Waals surface area contributed by atoms with Gasteiger partial charge in [0, 0.05) is 12.1 Å². The molecule has 16 heavy (non-hydrogen) atoms. The first-order valence-corrected chi connectivity index (χ1v) is 5.86. The fraction of sp³-hybridized carbons (Fsp3) is 0.200. The second-order valence-electron chi connectivity index (χ2n) is 3.04. The van der Waals surface area contributed by atoms with E-state index < -0.39 is 0 Å². The van der Waals surface area contributed by atoms with Gasteiger partial charge in [0.2, 0.25) is 5.13 Å². The van der Waals surface area contributed by atoms with Crippen molar-refractivity contribution in [2.24, 2.45) is 0 Å². The van der Waals surface area contributed by atoms with Gasteiger partial charge in [-0.2, -0.15) is 0 Å². The Balaban J connectivity index is 1.94. The van der Waals surface area contributed by atoms with Gasteiger partial charge in [0.15, 0.2) is 0 Å². The van der Waals surface area contributed by atoms with Crippen LogP contribution in [0.25, 0.3) is 0 Å². The number of halogens is 1. The molecule has 0 saturated carbocycles. The molecule has 0 aliphatic carbocycles. The van der Waals surface area contributed by atoms with Crippen LogP contribution in [0, 0.1) is 0 Å². The third kappa shape index (κ3) is 2.84. The lowest BCUT2D eigenvalue weighted by Crippen LogP contribution is -1.94. The summed E-state index contributed by atoms with van der Waals surface area (Å²) in [5.41, 5.74) is 1.05. The summed E-state index contributed by atoms with van der Waals surface area (Å²) in [7, 11) is 1.80. The molecule has 0 fully saturated rings. The molecule has 6 heteroatoms. The molecule has 0 atom stereocenters. The van der Waals surface area contributed by atoms with E-state index in [0.29, 0.717) is 11.8 Å². The minimum Gasteiger partial charge on any atom is -0.464 e. The lowest BCUT2D eigenvalue weighted by molar-refractivity contribution is 0.302. The molecule has 0 bridgehead atoms. The molecule has 1 N–H and O–H groups in total. The maximum Gasteiger partial charge on any atom is 0.296 e. The number of nitrogens with one attached hydrogen (secondary N) is 1. The highest BCUT2D eigenvalue weighted by Crippen LogP contribution is 2.22. The van der Waals surface area contributed by atoms with Crippen LogP contribution >= 0.6 is 22.9 Å². The number of hydrogen-bond acceptors (Lipinski definition) is 5. The summed E-state index contributed by atoms with van der Waals surface area (Å²) in [6, 6.07) is 7.50. The first kappa shape index (κ1) is 11.2. The highest BCUT2D eigenvalue weighted by molar-refractivity contribution is 7.16. The maximum atomic E-state index is 5.78. The molecule has 0 spiro atoms. The van der Waals surface area contributed by atoms with Gasteiger partial charge in [-0.3, -0.25) is 0 Å².